The Morgan fingerprint density at radius 3 is 2.84 bits per heavy atom. The van der Waals surface area contributed by atoms with Gasteiger partial charge in [0.15, 0.2) is 0 Å². The minimum absolute atomic E-state index is 0.293. The van der Waals surface area contributed by atoms with Gasteiger partial charge in [-0.05, 0) is 24.8 Å². The standard InChI is InChI=1S/C15H19N3S/c16-13(11-5-1-2-6-11)9-19-15-12-7-3-4-8-14(12)17-10-18-15/h3-4,7-8,10-11,13H,1-2,5-6,9,16H2. The first-order valence-corrected chi connectivity index (χ1v) is 7.91. The molecule has 1 heterocycles. The predicted octanol–water partition coefficient (Wildman–Crippen LogP) is 3.24. The number of benzene rings is 1. The Morgan fingerprint density at radius 2 is 2.00 bits per heavy atom. The van der Waals surface area contributed by atoms with Gasteiger partial charge in [-0.3, -0.25) is 0 Å². The Bertz CT molecular complexity index is 547. The van der Waals surface area contributed by atoms with Gasteiger partial charge >= 0.3 is 0 Å². The Kier molecular flexibility index (Phi) is 3.99. The van der Waals surface area contributed by atoms with Gasteiger partial charge in [0.2, 0.25) is 0 Å². The zero-order chi connectivity index (χ0) is 13.1. The molecule has 1 aliphatic carbocycles. The normalized spacial score (nSPS) is 17.9. The van der Waals surface area contributed by atoms with Crippen LogP contribution in [0.15, 0.2) is 35.6 Å². The van der Waals surface area contributed by atoms with Gasteiger partial charge in [-0.25, -0.2) is 9.97 Å². The molecule has 3 nitrogen and oxygen atoms in total. The number of nitrogens with two attached hydrogens (primary N) is 1. The quantitative estimate of drug-likeness (QED) is 0.686. The van der Waals surface area contributed by atoms with Crippen molar-refractivity contribution in [1.82, 2.24) is 9.97 Å². The second-order valence-electron chi connectivity index (χ2n) is 5.22. The van der Waals surface area contributed by atoms with Crippen molar-refractivity contribution >= 4 is 22.7 Å². The van der Waals surface area contributed by atoms with Crippen LogP contribution in [0, 0.1) is 5.92 Å². The summed E-state index contributed by atoms with van der Waals surface area (Å²) in [6.07, 6.45) is 6.93. The molecule has 0 spiro atoms. The molecule has 1 aromatic carbocycles. The van der Waals surface area contributed by atoms with Gasteiger partial charge in [0.05, 0.1) is 5.52 Å². The summed E-state index contributed by atoms with van der Waals surface area (Å²) in [5, 5.41) is 2.19. The SMILES string of the molecule is NC(CSc1ncnc2ccccc12)C1CCCC1. The molecule has 1 saturated carbocycles. The van der Waals surface area contributed by atoms with Crippen molar-refractivity contribution in [3.63, 3.8) is 0 Å². The van der Waals surface area contributed by atoms with Crippen molar-refractivity contribution < 1.29 is 0 Å². The van der Waals surface area contributed by atoms with Crippen LogP contribution in [0.1, 0.15) is 25.7 Å². The fourth-order valence-corrected chi connectivity index (χ4v) is 3.86. The molecule has 3 rings (SSSR count). The minimum atomic E-state index is 0.293. The summed E-state index contributed by atoms with van der Waals surface area (Å²) in [7, 11) is 0. The van der Waals surface area contributed by atoms with Crippen LogP contribution in [-0.2, 0) is 0 Å². The van der Waals surface area contributed by atoms with Crippen LogP contribution in [0.5, 0.6) is 0 Å². The average molecular weight is 273 g/mol. The third-order valence-corrected chi connectivity index (χ3v) is 5.07. The molecule has 0 amide bonds. The highest BCUT2D eigenvalue weighted by molar-refractivity contribution is 7.99. The van der Waals surface area contributed by atoms with E-state index in [2.05, 4.69) is 16.0 Å². The maximum Gasteiger partial charge on any atom is 0.117 e. The molecule has 0 radical (unpaired) electrons. The number of fused-ring (bicyclic) bond motifs is 1. The first-order valence-electron chi connectivity index (χ1n) is 6.93. The Balaban J connectivity index is 1.71. The highest BCUT2D eigenvalue weighted by atomic mass is 32.2. The van der Waals surface area contributed by atoms with Crippen LogP contribution in [0.4, 0.5) is 0 Å². The fraction of sp³-hybridized carbons (Fsp3) is 0.467. The molecule has 2 N–H and O–H groups in total. The molecule has 1 fully saturated rings. The molecule has 1 aromatic heterocycles. The van der Waals surface area contributed by atoms with Crippen molar-refractivity contribution in [2.45, 2.75) is 36.8 Å². The monoisotopic (exact) mass is 273 g/mol. The molecule has 4 heteroatoms. The van der Waals surface area contributed by atoms with E-state index in [4.69, 9.17) is 5.73 Å². The zero-order valence-electron chi connectivity index (χ0n) is 11.0. The molecule has 1 unspecified atom stereocenters. The predicted molar refractivity (Wildman–Crippen MR) is 80.2 cm³/mol. The molecule has 2 aromatic rings. The Morgan fingerprint density at radius 1 is 1.21 bits per heavy atom. The lowest BCUT2D eigenvalue weighted by molar-refractivity contribution is 0.463. The lowest BCUT2D eigenvalue weighted by atomic mass is 10.0. The average Bonchev–Trinajstić information content (AvgIpc) is 2.99. The maximum atomic E-state index is 6.31. The lowest BCUT2D eigenvalue weighted by Gasteiger charge is -2.18. The molecule has 0 saturated heterocycles. The van der Waals surface area contributed by atoms with Crippen molar-refractivity contribution in [3.8, 4) is 0 Å². The number of thioether (sulfide) groups is 1. The van der Waals surface area contributed by atoms with Crippen molar-refractivity contribution in [3.05, 3.63) is 30.6 Å². The van der Waals surface area contributed by atoms with Gasteiger partial charge in [-0.1, -0.05) is 31.0 Å². The number of rotatable bonds is 4. The third-order valence-electron chi connectivity index (χ3n) is 3.92. The van der Waals surface area contributed by atoms with Crippen LogP contribution in [-0.4, -0.2) is 21.8 Å². The number of nitrogens with zero attached hydrogens (tertiary/aromatic N) is 2. The summed E-state index contributed by atoms with van der Waals surface area (Å²) < 4.78 is 0. The maximum absolute atomic E-state index is 6.31. The summed E-state index contributed by atoms with van der Waals surface area (Å²) in [5.74, 6) is 1.66. The van der Waals surface area contributed by atoms with Crippen molar-refractivity contribution in [2.24, 2.45) is 11.7 Å². The van der Waals surface area contributed by atoms with Gasteiger partial charge in [-0.2, -0.15) is 0 Å². The summed E-state index contributed by atoms with van der Waals surface area (Å²) in [6.45, 7) is 0. The summed E-state index contributed by atoms with van der Waals surface area (Å²) >= 11 is 1.77. The molecule has 100 valence electrons. The highest BCUT2D eigenvalue weighted by Gasteiger charge is 2.22. The van der Waals surface area contributed by atoms with E-state index in [1.165, 1.54) is 25.7 Å². The number of para-hydroxylation sites is 1. The highest BCUT2D eigenvalue weighted by Crippen LogP contribution is 2.30. The van der Waals surface area contributed by atoms with Gasteiger partial charge in [-0.15, -0.1) is 11.8 Å². The van der Waals surface area contributed by atoms with E-state index in [-0.39, 0.29) is 0 Å². The topological polar surface area (TPSA) is 51.8 Å². The molecule has 19 heavy (non-hydrogen) atoms. The number of aromatic nitrogens is 2. The molecule has 0 bridgehead atoms. The molecule has 0 aliphatic heterocycles. The van der Waals surface area contributed by atoms with E-state index in [0.717, 1.165) is 21.7 Å². The Labute approximate surface area is 118 Å². The van der Waals surface area contributed by atoms with E-state index in [1.807, 2.05) is 18.2 Å². The number of hydrogen-bond donors (Lipinski definition) is 1. The van der Waals surface area contributed by atoms with E-state index < -0.39 is 0 Å². The minimum Gasteiger partial charge on any atom is -0.327 e. The van der Waals surface area contributed by atoms with Crippen molar-refractivity contribution in [2.75, 3.05) is 5.75 Å². The van der Waals surface area contributed by atoms with Crippen LogP contribution in [0.2, 0.25) is 0 Å². The first-order chi connectivity index (χ1) is 9.34. The lowest BCUT2D eigenvalue weighted by Crippen LogP contribution is -2.30. The first kappa shape index (κ1) is 12.9. The second kappa shape index (κ2) is 5.88. The number of hydrogen-bond acceptors (Lipinski definition) is 4. The second-order valence-corrected chi connectivity index (χ2v) is 6.22. The van der Waals surface area contributed by atoms with Crippen LogP contribution in [0.25, 0.3) is 10.9 Å². The fourth-order valence-electron chi connectivity index (χ4n) is 2.79. The smallest absolute Gasteiger partial charge is 0.117 e. The molecule has 1 aliphatic rings. The Hall–Kier alpha value is -1.13. The largest absolute Gasteiger partial charge is 0.327 e. The van der Waals surface area contributed by atoms with E-state index in [1.54, 1.807) is 18.1 Å². The molecule has 1 atom stereocenters. The third kappa shape index (κ3) is 2.90. The van der Waals surface area contributed by atoms with E-state index >= 15 is 0 Å². The van der Waals surface area contributed by atoms with Gasteiger partial charge < -0.3 is 5.73 Å². The van der Waals surface area contributed by atoms with Crippen molar-refractivity contribution in [1.29, 1.82) is 0 Å². The van der Waals surface area contributed by atoms with Gasteiger partial charge in [0, 0.05) is 17.2 Å². The summed E-state index contributed by atoms with van der Waals surface area (Å²) in [5.41, 5.74) is 7.32. The summed E-state index contributed by atoms with van der Waals surface area (Å²) in [6, 6.07) is 8.44. The van der Waals surface area contributed by atoms with Crippen LogP contribution >= 0.6 is 11.8 Å². The van der Waals surface area contributed by atoms with E-state index in [9.17, 15) is 0 Å². The van der Waals surface area contributed by atoms with Gasteiger partial charge in [0.25, 0.3) is 0 Å². The van der Waals surface area contributed by atoms with Crippen LogP contribution < -0.4 is 5.73 Å². The van der Waals surface area contributed by atoms with Crippen LogP contribution in [0.3, 0.4) is 0 Å². The van der Waals surface area contributed by atoms with E-state index in [0.29, 0.717) is 12.0 Å². The zero-order valence-corrected chi connectivity index (χ0v) is 11.8. The summed E-state index contributed by atoms with van der Waals surface area (Å²) in [4.78, 5) is 8.69. The molecular formula is C15H19N3S. The van der Waals surface area contributed by atoms with Gasteiger partial charge in [0.1, 0.15) is 11.4 Å². The molecular weight excluding hydrogens is 254 g/mol.